The van der Waals surface area contributed by atoms with E-state index in [9.17, 15) is 19.0 Å². The number of hydrogen-bond donors (Lipinski definition) is 5. The minimum Gasteiger partial charge on any atom is -0.506 e. The molecule has 0 amide bonds. The highest BCUT2D eigenvalue weighted by molar-refractivity contribution is 8.23. The normalized spacial score (nSPS) is 15.5. The van der Waals surface area contributed by atoms with Crippen LogP contribution in [0.5, 0.6) is 5.75 Å². The lowest BCUT2D eigenvalue weighted by molar-refractivity contribution is 0.478. The monoisotopic (exact) mass is 489 g/mol. The molecule has 0 radical (unpaired) electrons. The molecule has 5 rings (SSSR count). The van der Waals surface area contributed by atoms with E-state index in [4.69, 9.17) is 11.6 Å². The van der Waals surface area contributed by atoms with E-state index in [1.165, 1.54) is 22.1 Å². The van der Waals surface area contributed by atoms with Gasteiger partial charge in [0, 0.05) is 16.5 Å². The average molecular weight is 490 g/mol. The van der Waals surface area contributed by atoms with E-state index in [1.54, 1.807) is 48.7 Å². The smallest absolute Gasteiger partial charge is 0.284 e. The van der Waals surface area contributed by atoms with Crippen LogP contribution in [0.4, 0.5) is 5.69 Å². The molecule has 0 unspecified atom stereocenters. The van der Waals surface area contributed by atoms with Gasteiger partial charge in [-0.25, -0.2) is 9.66 Å². The van der Waals surface area contributed by atoms with E-state index in [0.717, 1.165) is 4.88 Å². The van der Waals surface area contributed by atoms with Crippen LogP contribution in [0.1, 0.15) is 10.4 Å². The quantitative estimate of drug-likeness (QED) is 0.286. The van der Waals surface area contributed by atoms with E-state index in [2.05, 4.69) is 20.1 Å². The number of pyridine rings is 1. The predicted molar refractivity (Wildman–Crippen MR) is 128 cm³/mol. The van der Waals surface area contributed by atoms with Crippen LogP contribution in [0.25, 0.3) is 10.9 Å². The molecule has 0 saturated heterocycles. The van der Waals surface area contributed by atoms with E-state index in [1.807, 2.05) is 0 Å². The zero-order valence-corrected chi connectivity index (χ0v) is 18.6. The Hall–Kier alpha value is -3.09. The molecule has 12 heteroatoms. The van der Waals surface area contributed by atoms with Crippen LogP contribution >= 0.6 is 33.7 Å². The Kier molecular flexibility index (Phi) is 5.07. The molecule has 5 N–H and O–H groups in total. The van der Waals surface area contributed by atoms with Crippen LogP contribution in [-0.4, -0.2) is 29.7 Å². The minimum absolute atomic E-state index is 0.131. The van der Waals surface area contributed by atoms with Crippen molar-refractivity contribution in [3.05, 3.63) is 80.0 Å². The average Bonchev–Trinajstić information content (AvgIpc) is 3.18. The molecule has 1 aliphatic heterocycles. The highest BCUT2D eigenvalue weighted by Gasteiger charge is 2.30. The first kappa shape index (κ1) is 20.8. The van der Waals surface area contributed by atoms with Gasteiger partial charge in [-0.15, -0.1) is 15.7 Å². The molecule has 9 nitrogen and oxygen atoms in total. The number of fused-ring (bicyclic) bond motifs is 2. The van der Waals surface area contributed by atoms with Gasteiger partial charge in [-0.3, -0.25) is 13.9 Å². The van der Waals surface area contributed by atoms with Crippen molar-refractivity contribution in [2.75, 3.05) is 10.7 Å². The number of aromatic hydroxyl groups is 1. The molecule has 0 atom stereocenters. The van der Waals surface area contributed by atoms with Gasteiger partial charge < -0.3 is 15.8 Å². The summed E-state index contributed by atoms with van der Waals surface area (Å²) in [6.07, 6.45) is 1.60. The molecule has 1 aliphatic rings. The van der Waals surface area contributed by atoms with Crippen molar-refractivity contribution in [2.45, 2.75) is 11.4 Å². The summed E-state index contributed by atoms with van der Waals surface area (Å²) in [5.41, 5.74) is 3.07. The predicted octanol–water partition coefficient (Wildman–Crippen LogP) is 4.46. The SMILES string of the molecule is O=c1c(C2=NS(O)(O)c3ccccc3N2)c(O)c2ccccc2n1NCc1cnc(Cl)s1. The van der Waals surface area contributed by atoms with Gasteiger partial charge in [-0.1, -0.05) is 46.6 Å². The summed E-state index contributed by atoms with van der Waals surface area (Å²) in [5.74, 6) is -0.446. The topological polar surface area (TPSA) is 132 Å². The van der Waals surface area contributed by atoms with Crippen LogP contribution in [0.3, 0.4) is 0 Å². The van der Waals surface area contributed by atoms with Crippen molar-refractivity contribution in [3.8, 4) is 5.75 Å². The number of thiazole rings is 1. The fourth-order valence-electron chi connectivity index (χ4n) is 3.46. The lowest BCUT2D eigenvalue weighted by atomic mass is 10.1. The van der Waals surface area contributed by atoms with E-state index in [-0.39, 0.29) is 28.6 Å². The zero-order chi connectivity index (χ0) is 22.5. The summed E-state index contributed by atoms with van der Waals surface area (Å²) >= 11 is 7.17. The summed E-state index contributed by atoms with van der Waals surface area (Å²) in [4.78, 5) is 18.5. The molecule has 3 heterocycles. The molecule has 2 aromatic heterocycles. The number of para-hydroxylation sites is 2. The summed E-state index contributed by atoms with van der Waals surface area (Å²) in [6, 6.07) is 13.4. The number of halogens is 1. The second kappa shape index (κ2) is 7.80. The lowest BCUT2D eigenvalue weighted by Gasteiger charge is -2.34. The van der Waals surface area contributed by atoms with Crippen molar-refractivity contribution >= 4 is 56.1 Å². The second-order valence-electron chi connectivity index (χ2n) is 6.88. The maximum Gasteiger partial charge on any atom is 0.284 e. The molecule has 4 aromatic rings. The van der Waals surface area contributed by atoms with Crippen LogP contribution in [-0.2, 0) is 6.54 Å². The Morgan fingerprint density at radius 1 is 1.16 bits per heavy atom. The van der Waals surface area contributed by atoms with Crippen LogP contribution in [0.2, 0.25) is 4.47 Å². The number of benzene rings is 2. The second-order valence-corrected chi connectivity index (χ2v) is 10.2. The zero-order valence-electron chi connectivity index (χ0n) is 16.2. The molecule has 164 valence electrons. The van der Waals surface area contributed by atoms with E-state index >= 15 is 0 Å². The van der Waals surface area contributed by atoms with Gasteiger partial charge in [0.25, 0.3) is 5.56 Å². The molecular formula is C20H16ClN5O4S2. The maximum atomic E-state index is 13.5. The standard InChI is InChI=1S/C20H16ClN5O4S2/c21-20-22-9-11(31-20)10-23-26-14-7-3-1-5-12(14)17(27)16(19(26)28)18-24-13-6-2-4-8-15(13)32(29,30)25-18/h1-9,23,27,29-30H,10H2,(H,24,25). The summed E-state index contributed by atoms with van der Waals surface area (Å²) in [5, 5.41) is 14.3. The largest absolute Gasteiger partial charge is 0.506 e. The van der Waals surface area contributed by atoms with Gasteiger partial charge in [-0.2, -0.15) is 0 Å². The number of rotatable bonds is 4. The molecule has 2 aromatic carbocycles. The van der Waals surface area contributed by atoms with Crippen molar-refractivity contribution in [1.29, 1.82) is 0 Å². The first-order valence-electron chi connectivity index (χ1n) is 9.30. The third-order valence-electron chi connectivity index (χ3n) is 4.88. The molecule has 0 fully saturated rings. The first-order chi connectivity index (χ1) is 15.3. The van der Waals surface area contributed by atoms with Gasteiger partial charge in [0.05, 0.1) is 17.7 Å². The van der Waals surface area contributed by atoms with Gasteiger partial charge >= 0.3 is 0 Å². The van der Waals surface area contributed by atoms with Gasteiger partial charge in [0.15, 0.2) is 10.3 Å². The number of aromatic nitrogens is 2. The number of nitrogens with zero attached hydrogens (tertiary/aromatic N) is 3. The summed E-state index contributed by atoms with van der Waals surface area (Å²) < 4.78 is 26.8. The maximum absolute atomic E-state index is 13.5. The molecular weight excluding hydrogens is 474 g/mol. The third-order valence-corrected chi connectivity index (χ3v) is 7.38. The van der Waals surface area contributed by atoms with Gasteiger partial charge in [0.2, 0.25) is 0 Å². The number of hydrogen-bond acceptors (Lipinski definition) is 9. The fourth-order valence-corrected chi connectivity index (χ4v) is 5.54. The fraction of sp³-hybridized carbons (Fsp3) is 0.0500. The van der Waals surface area contributed by atoms with E-state index in [0.29, 0.717) is 21.1 Å². The Balaban J connectivity index is 1.67. The van der Waals surface area contributed by atoms with Crippen LogP contribution in [0.15, 0.2) is 68.8 Å². The third kappa shape index (κ3) is 3.49. The van der Waals surface area contributed by atoms with Crippen molar-refractivity contribution < 1.29 is 14.2 Å². The molecule has 0 saturated carbocycles. The van der Waals surface area contributed by atoms with E-state index < -0.39 is 16.3 Å². The number of amidine groups is 1. The number of anilines is 1. The molecule has 0 spiro atoms. The van der Waals surface area contributed by atoms with Gasteiger partial charge in [0.1, 0.15) is 16.2 Å². The Labute approximate surface area is 192 Å². The van der Waals surface area contributed by atoms with Crippen molar-refractivity contribution in [2.24, 2.45) is 4.40 Å². The first-order valence-corrected chi connectivity index (χ1v) is 12.0. The number of nitrogens with one attached hydrogen (secondary N) is 2. The lowest BCUT2D eigenvalue weighted by Crippen LogP contribution is -2.36. The highest BCUT2D eigenvalue weighted by Crippen LogP contribution is 2.55. The minimum atomic E-state index is -3.57. The van der Waals surface area contributed by atoms with Crippen molar-refractivity contribution in [1.82, 2.24) is 9.66 Å². The van der Waals surface area contributed by atoms with Crippen LogP contribution < -0.4 is 16.3 Å². The molecule has 32 heavy (non-hydrogen) atoms. The summed E-state index contributed by atoms with van der Waals surface area (Å²) in [7, 11) is -3.57. The molecule has 0 aliphatic carbocycles. The van der Waals surface area contributed by atoms with Gasteiger partial charge in [-0.05, 0) is 24.3 Å². The van der Waals surface area contributed by atoms with Crippen LogP contribution in [0, 0.1) is 0 Å². The van der Waals surface area contributed by atoms with Crippen molar-refractivity contribution in [3.63, 3.8) is 0 Å². The summed E-state index contributed by atoms with van der Waals surface area (Å²) in [6.45, 7) is 0.260. The Morgan fingerprint density at radius 2 is 1.91 bits per heavy atom. The molecule has 0 bridgehead atoms. The highest BCUT2D eigenvalue weighted by atomic mass is 35.5. The Morgan fingerprint density at radius 3 is 2.69 bits per heavy atom. The Bertz CT molecular complexity index is 1450.